The van der Waals surface area contributed by atoms with E-state index in [4.69, 9.17) is 21.1 Å². The second-order valence-electron chi connectivity index (χ2n) is 4.71. The Morgan fingerprint density at radius 1 is 1.29 bits per heavy atom. The van der Waals surface area contributed by atoms with Crippen molar-refractivity contribution in [1.82, 2.24) is 0 Å². The molecule has 0 amide bonds. The van der Waals surface area contributed by atoms with E-state index in [1.165, 1.54) is 12.7 Å². The number of allylic oxidation sites excluding steroid dienone is 1. The molecule has 0 aliphatic rings. The molecular weight excluding hydrogens is 311 g/mol. The van der Waals surface area contributed by atoms with Crippen molar-refractivity contribution in [3.63, 3.8) is 0 Å². The molecule has 0 aromatic heterocycles. The van der Waals surface area contributed by atoms with Gasteiger partial charge in [-0.05, 0) is 51.0 Å². The van der Waals surface area contributed by atoms with Gasteiger partial charge >= 0.3 is 0 Å². The van der Waals surface area contributed by atoms with Crippen LogP contribution in [0.2, 0.25) is 5.02 Å². The molecule has 6 heteroatoms. The molecule has 1 aromatic carbocycles. The lowest BCUT2D eigenvalue weighted by atomic mass is 10.1. The molecule has 0 aliphatic heterocycles. The highest BCUT2D eigenvalue weighted by Gasteiger charge is 2.44. The Hall–Kier alpha value is -0.640. The number of hydrogen-bond acceptors (Lipinski definition) is 3. The molecule has 0 bridgehead atoms. The molecule has 0 heterocycles. The van der Waals surface area contributed by atoms with Gasteiger partial charge in [-0.15, -0.1) is 0 Å². The molecule has 0 fully saturated rings. The summed E-state index contributed by atoms with van der Waals surface area (Å²) in [5.74, 6) is 1.32. The van der Waals surface area contributed by atoms with Crippen LogP contribution in [-0.4, -0.2) is 23.6 Å². The third-order valence-electron chi connectivity index (χ3n) is 3.07. The number of halogens is 1. The minimum absolute atomic E-state index is 0.287. The van der Waals surface area contributed by atoms with Crippen molar-refractivity contribution in [1.29, 1.82) is 0 Å². The van der Waals surface area contributed by atoms with Crippen LogP contribution in [0, 0.1) is 0 Å². The molecule has 21 heavy (non-hydrogen) atoms. The van der Waals surface area contributed by atoms with Gasteiger partial charge in [-0.25, -0.2) is 0 Å². The van der Waals surface area contributed by atoms with Crippen LogP contribution in [0.3, 0.4) is 0 Å². The summed E-state index contributed by atoms with van der Waals surface area (Å²) in [6, 6.07) is 7.07. The second kappa shape index (κ2) is 7.57. The van der Waals surface area contributed by atoms with E-state index in [0.717, 1.165) is 5.56 Å². The van der Waals surface area contributed by atoms with Gasteiger partial charge in [0.15, 0.2) is 0 Å². The number of hydrogen-bond donors (Lipinski definition) is 1. The van der Waals surface area contributed by atoms with Crippen LogP contribution in [0.4, 0.5) is 0 Å². The molecule has 4 nitrogen and oxygen atoms in total. The zero-order valence-electron chi connectivity index (χ0n) is 12.8. The van der Waals surface area contributed by atoms with Gasteiger partial charge in [0.05, 0.1) is 0 Å². The van der Waals surface area contributed by atoms with E-state index in [9.17, 15) is 9.46 Å². The number of benzene rings is 1. The molecule has 0 saturated heterocycles. The zero-order chi connectivity index (χ0) is 16.1. The summed E-state index contributed by atoms with van der Waals surface area (Å²) >= 11 is 5.84. The molecule has 1 aromatic rings. The van der Waals surface area contributed by atoms with Crippen molar-refractivity contribution < 1.29 is 18.9 Å². The zero-order valence-corrected chi connectivity index (χ0v) is 14.4. The Balaban J connectivity index is 3.13. The number of ether oxygens (including phenoxy) is 2. The first-order valence-corrected chi connectivity index (χ1v) is 8.92. The van der Waals surface area contributed by atoms with Crippen molar-refractivity contribution in [2.45, 2.75) is 33.2 Å². The standard InChI is InChI=1S/C15H22ClO4P/c1-5-19-15(4,20-6-2)21(17,18)11-12(3)13-7-9-14(16)10-8-13/h7-11H,5-6H2,1-4H3,(H,17,18)/b12-11+. The Morgan fingerprint density at radius 3 is 2.19 bits per heavy atom. The van der Waals surface area contributed by atoms with Crippen molar-refractivity contribution in [2.24, 2.45) is 0 Å². The highest BCUT2D eigenvalue weighted by molar-refractivity contribution is 7.62. The fraction of sp³-hybridized carbons (Fsp3) is 0.467. The molecule has 1 unspecified atom stereocenters. The van der Waals surface area contributed by atoms with E-state index in [2.05, 4.69) is 0 Å². The maximum atomic E-state index is 12.7. The van der Waals surface area contributed by atoms with Crippen molar-refractivity contribution in [3.05, 3.63) is 40.7 Å². The van der Waals surface area contributed by atoms with Crippen molar-refractivity contribution >= 4 is 24.5 Å². The van der Waals surface area contributed by atoms with Gasteiger partial charge in [0.2, 0.25) is 5.53 Å². The Labute approximate surface area is 131 Å². The summed E-state index contributed by atoms with van der Waals surface area (Å²) in [5, 5.41) is 0.618. The van der Waals surface area contributed by atoms with Crippen molar-refractivity contribution in [3.8, 4) is 0 Å². The van der Waals surface area contributed by atoms with Gasteiger partial charge in [-0.2, -0.15) is 0 Å². The first kappa shape index (κ1) is 18.4. The lowest BCUT2D eigenvalue weighted by Crippen LogP contribution is -2.32. The molecule has 0 spiro atoms. The maximum Gasteiger partial charge on any atom is 0.280 e. The van der Waals surface area contributed by atoms with E-state index < -0.39 is 12.9 Å². The van der Waals surface area contributed by atoms with E-state index >= 15 is 0 Å². The fourth-order valence-electron chi connectivity index (χ4n) is 1.93. The first-order valence-electron chi connectivity index (χ1n) is 6.81. The summed E-state index contributed by atoms with van der Waals surface area (Å²) in [6.45, 7) is 7.35. The lowest BCUT2D eigenvalue weighted by molar-refractivity contribution is -0.165. The van der Waals surface area contributed by atoms with Crippen LogP contribution >= 0.6 is 19.0 Å². The topological polar surface area (TPSA) is 55.8 Å². The minimum Gasteiger partial charge on any atom is -0.342 e. The van der Waals surface area contributed by atoms with E-state index in [-0.39, 0.29) is 13.2 Å². The third-order valence-corrected chi connectivity index (χ3v) is 5.49. The molecular formula is C15H22ClO4P. The lowest BCUT2D eigenvalue weighted by Gasteiger charge is -2.31. The van der Waals surface area contributed by atoms with Crippen LogP contribution in [0.1, 0.15) is 33.3 Å². The first-order chi connectivity index (χ1) is 9.75. The Kier molecular flexibility index (Phi) is 6.64. The summed E-state index contributed by atoms with van der Waals surface area (Å²) in [4.78, 5) is 10.4. The summed E-state index contributed by atoms with van der Waals surface area (Å²) in [5.41, 5.74) is -0.0448. The van der Waals surface area contributed by atoms with Gasteiger partial charge in [0, 0.05) is 24.1 Å². The second-order valence-corrected chi connectivity index (χ2v) is 7.46. The van der Waals surface area contributed by atoms with Crippen LogP contribution in [0.15, 0.2) is 30.1 Å². The average Bonchev–Trinajstić information content (AvgIpc) is 2.39. The molecule has 0 saturated carbocycles. The normalized spacial score (nSPS) is 15.8. The summed E-state index contributed by atoms with van der Waals surface area (Å²) in [6.07, 6.45) is 0. The average molecular weight is 333 g/mol. The fourth-order valence-corrected chi connectivity index (χ4v) is 3.59. The van der Waals surface area contributed by atoms with Crippen LogP contribution in [0.25, 0.3) is 5.57 Å². The molecule has 0 aliphatic carbocycles. The molecule has 0 radical (unpaired) electrons. The van der Waals surface area contributed by atoms with Gasteiger partial charge in [-0.1, -0.05) is 23.7 Å². The van der Waals surface area contributed by atoms with Crippen molar-refractivity contribution in [2.75, 3.05) is 13.2 Å². The maximum absolute atomic E-state index is 12.7. The van der Waals surface area contributed by atoms with Gasteiger partial charge in [0.1, 0.15) is 0 Å². The Morgan fingerprint density at radius 2 is 1.76 bits per heavy atom. The molecule has 118 valence electrons. The molecule has 1 atom stereocenters. The van der Waals surface area contributed by atoms with E-state index in [0.29, 0.717) is 10.6 Å². The Bertz CT molecular complexity index is 533. The number of rotatable bonds is 7. The predicted octanol–water partition coefficient (Wildman–Crippen LogP) is 4.72. The quantitative estimate of drug-likeness (QED) is 0.580. The molecule has 1 N–H and O–H groups in total. The molecule has 1 rings (SSSR count). The smallest absolute Gasteiger partial charge is 0.280 e. The highest BCUT2D eigenvalue weighted by Crippen LogP contribution is 2.58. The monoisotopic (exact) mass is 332 g/mol. The van der Waals surface area contributed by atoms with Gasteiger partial charge < -0.3 is 14.4 Å². The van der Waals surface area contributed by atoms with E-state index in [1.54, 1.807) is 45.0 Å². The van der Waals surface area contributed by atoms with Gasteiger partial charge in [0.25, 0.3) is 7.37 Å². The predicted molar refractivity (Wildman–Crippen MR) is 86.6 cm³/mol. The highest BCUT2D eigenvalue weighted by atomic mass is 35.5. The summed E-state index contributed by atoms with van der Waals surface area (Å²) in [7, 11) is -3.82. The largest absolute Gasteiger partial charge is 0.342 e. The van der Waals surface area contributed by atoms with Gasteiger partial charge in [-0.3, -0.25) is 4.57 Å². The van der Waals surface area contributed by atoms with Crippen LogP contribution in [-0.2, 0) is 14.0 Å². The minimum atomic E-state index is -3.82. The SMILES string of the molecule is CCOC(C)(OCC)P(=O)(O)/C=C(\C)c1ccc(Cl)cc1. The van der Waals surface area contributed by atoms with Crippen LogP contribution < -0.4 is 0 Å². The third kappa shape index (κ3) is 4.67. The van der Waals surface area contributed by atoms with E-state index in [1.807, 2.05) is 0 Å². The van der Waals surface area contributed by atoms with Crippen LogP contribution in [0.5, 0.6) is 0 Å². The summed E-state index contributed by atoms with van der Waals surface area (Å²) < 4.78 is 23.4.